The molecule has 1 unspecified atom stereocenters. The van der Waals surface area contributed by atoms with E-state index >= 15 is 0 Å². The van der Waals surface area contributed by atoms with E-state index in [0.29, 0.717) is 13.1 Å². The van der Waals surface area contributed by atoms with Crippen LogP contribution in [0.5, 0.6) is 0 Å². The summed E-state index contributed by atoms with van der Waals surface area (Å²) < 4.78 is 28.1. The molecule has 0 spiro atoms. The van der Waals surface area contributed by atoms with Gasteiger partial charge in [0.25, 0.3) is 0 Å². The largest absolute Gasteiger partial charge is 0.349 e. The first-order valence-corrected chi connectivity index (χ1v) is 8.48. The Bertz CT molecular complexity index is 564. The Hall–Kier alpha value is -1.98. The molecule has 2 amide bonds. The van der Waals surface area contributed by atoms with Crippen molar-refractivity contribution in [2.24, 2.45) is 0 Å². The van der Waals surface area contributed by atoms with Crippen LogP contribution in [0.4, 0.5) is 8.78 Å². The average molecular weight is 338 g/mol. The van der Waals surface area contributed by atoms with Gasteiger partial charge in [0.05, 0.1) is 12.5 Å². The molecule has 1 aromatic carbocycles. The number of carbonyl (C=O) groups excluding carboxylic acids is 2. The van der Waals surface area contributed by atoms with Gasteiger partial charge in [0.2, 0.25) is 11.8 Å². The van der Waals surface area contributed by atoms with E-state index in [-0.39, 0.29) is 17.9 Å². The van der Waals surface area contributed by atoms with Crippen molar-refractivity contribution in [2.45, 2.75) is 51.5 Å². The lowest BCUT2D eigenvalue weighted by molar-refractivity contribution is -0.132. The first-order chi connectivity index (χ1) is 11.5. The highest BCUT2D eigenvalue weighted by Gasteiger charge is 2.26. The van der Waals surface area contributed by atoms with Gasteiger partial charge in [-0.2, -0.15) is 0 Å². The van der Waals surface area contributed by atoms with Crippen LogP contribution < -0.4 is 5.32 Å². The maximum Gasteiger partial charge on any atom is 0.224 e. The first-order valence-electron chi connectivity index (χ1n) is 8.48. The molecule has 2 rings (SSSR count). The summed E-state index contributed by atoms with van der Waals surface area (Å²) in [5.74, 6) is -2.12. The van der Waals surface area contributed by atoms with Crippen molar-refractivity contribution < 1.29 is 18.4 Å². The molecule has 24 heavy (non-hydrogen) atoms. The third-order valence-electron chi connectivity index (χ3n) is 4.31. The fourth-order valence-electron chi connectivity index (χ4n) is 3.11. The summed E-state index contributed by atoms with van der Waals surface area (Å²) in [6.07, 6.45) is 5.07. The molecule has 0 aromatic heterocycles. The van der Waals surface area contributed by atoms with Crippen molar-refractivity contribution >= 4 is 11.8 Å². The molecule has 1 aliphatic rings. The summed E-state index contributed by atoms with van der Waals surface area (Å²) >= 11 is 0. The standard InChI is InChI=1S/C18H24F2N2O2/c1-13(23)21-16(18-14(19)8-7-9-15(18)20)12-17(24)22-10-5-3-2-4-6-11-22/h7-9,16H,2-6,10-12H2,1H3,(H,21,23). The number of nitrogens with one attached hydrogen (secondary N) is 1. The zero-order chi connectivity index (χ0) is 17.5. The highest BCUT2D eigenvalue weighted by molar-refractivity contribution is 5.79. The molecule has 0 bridgehead atoms. The van der Waals surface area contributed by atoms with Crippen LogP contribution in [0.25, 0.3) is 0 Å². The van der Waals surface area contributed by atoms with Crippen LogP contribution in [0.15, 0.2) is 18.2 Å². The minimum Gasteiger partial charge on any atom is -0.349 e. The van der Waals surface area contributed by atoms with Crippen LogP contribution in [0.3, 0.4) is 0 Å². The quantitative estimate of drug-likeness (QED) is 0.915. The van der Waals surface area contributed by atoms with E-state index in [0.717, 1.165) is 37.8 Å². The minimum absolute atomic E-state index is 0.141. The minimum atomic E-state index is -0.998. The second-order valence-electron chi connectivity index (χ2n) is 6.24. The van der Waals surface area contributed by atoms with Crippen molar-refractivity contribution in [1.82, 2.24) is 10.2 Å². The summed E-state index contributed by atoms with van der Waals surface area (Å²) in [6.45, 7) is 2.59. The van der Waals surface area contributed by atoms with E-state index in [4.69, 9.17) is 0 Å². The molecule has 132 valence electrons. The van der Waals surface area contributed by atoms with Gasteiger partial charge in [-0.25, -0.2) is 8.78 Å². The lowest BCUT2D eigenvalue weighted by Crippen LogP contribution is -2.38. The van der Waals surface area contributed by atoms with Gasteiger partial charge in [-0.15, -0.1) is 0 Å². The maximum absolute atomic E-state index is 14.0. The number of likely N-dealkylation sites (tertiary alicyclic amines) is 1. The average Bonchev–Trinajstić information content (AvgIpc) is 2.45. The van der Waals surface area contributed by atoms with Gasteiger partial charge in [-0.1, -0.05) is 25.3 Å². The predicted molar refractivity (Wildman–Crippen MR) is 87.2 cm³/mol. The van der Waals surface area contributed by atoms with Gasteiger partial charge in [-0.05, 0) is 25.0 Å². The molecular weight excluding hydrogens is 314 g/mol. The van der Waals surface area contributed by atoms with Gasteiger partial charge < -0.3 is 10.2 Å². The number of amides is 2. The first kappa shape index (κ1) is 18.4. The molecule has 1 fully saturated rings. The Balaban J connectivity index is 2.16. The molecule has 4 nitrogen and oxygen atoms in total. The molecule has 1 aliphatic heterocycles. The van der Waals surface area contributed by atoms with Crippen molar-refractivity contribution in [1.29, 1.82) is 0 Å². The summed E-state index contributed by atoms with van der Waals surface area (Å²) in [6, 6.07) is 2.53. The normalized spacial score (nSPS) is 16.9. The van der Waals surface area contributed by atoms with E-state index in [1.54, 1.807) is 4.90 Å². The summed E-state index contributed by atoms with van der Waals surface area (Å²) in [5, 5.41) is 2.51. The second-order valence-corrected chi connectivity index (χ2v) is 6.24. The number of nitrogens with zero attached hydrogens (tertiary/aromatic N) is 1. The van der Waals surface area contributed by atoms with Gasteiger partial charge in [0.1, 0.15) is 11.6 Å². The topological polar surface area (TPSA) is 49.4 Å². The number of rotatable bonds is 4. The number of benzene rings is 1. The highest BCUT2D eigenvalue weighted by Crippen LogP contribution is 2.25. The van der Waals surface area contributed by atoms with Crippen LogP contribution in [-0.2, 0) is 9.59 Å². The van der Waals surface area contributed by atoms with E-state index in [1.807, 2.05) is 0 Å². The van der Waals surface area contributed by atoms with Crippen LogP contribution in [0, 0.1) is 11.6 Å². The molecule has 0 saturated carbocycles. The number of hydrogen-bond acceptors (Lipinski definition) is 2. The van der Waals surface area contributed by atoms with Crippen molar-refractivity contribution in [3.63, 3.8) is 0 Å². The van der Waals surface area contributed by atoms with Crippen LogP contribution in [-0.4, -0.2) is 29.8 Å². The lowest BCUT2D eigenvalue weighted by atomic mass is 10.0. The molecule has 1 saturated heterocycles. The van der Waals surface area contributed by atoms with Gasteiger partial charge in [0, 0.05) is 25.6 Å². The Morgan fingerprint density at radius 2 is 1.62 bits per heavy atom. The monoisotopic (exact) mass is 338 g/mol. The molecule has 6 heteroatoms. The SMILES string of the molecule is CC(=O)NC(CC(=O)N1CCCCCCC1)c1c(F)cccc1F. The lowest BCUT2D eigenvalue weighted by Gasteiger charge is -2.27. The molecule has 0 radical (unpaired) electrons. The van der Waals surface area contributed by atoms with Gasteiger partial charge in [0.15, 0.2) is 0 Å². The summed E-state index contributed by atoms with van der Waals surface area (Å²) in [7, 11) is 0. The Morgan fingerprint density at radius 1 is 1.08 bits per heavy atom. The number of hydrogen-bond donors (Lipinski definition) is 1. The van der Waals surface area contributed by atoms with Crippen LogP contribution in [0.1, 0.15) is 57.1 Å². The Kier molecular flexibility index (Phi) is 6.70. The summed E-state index contributed by atoms with van der Waals surface area (Å²) in [4.78, 5) is 25.8. The van der Waals surface area contributed by atoms with E-state index < -0.39 is 23.6 Å². The maximum atomic E-state index is 14.0. The molecular formula is C18H24F2N2O2. The van der Waals surface area contributed by atoms with Crippen molar-refractivity contribution in [3.05, 3.63) is 35.4 Å². The fraction of sp³-hybridized carbons (Fsp3) is 0.556. The highest BCUT2D eigenvalue weighted by atomic mass is 19.1. The second kappa shape index (κ2) is 8.76. The molecule has 0 aliphatic carbocycles. The molecule has 1 heterocycles. The number of halogens is 2. The molecule has 1 atom stereocenters. The van der Waals surface area contributed by atoms with E-state index in [9.17, 15) is 18.4 Å². The van der Waals surface area contributed by atoms with E-state index in [2.05, 4.69) is 5.32 Å². The Labute approximate surface area is 141 Å². The zero-order valence-corrected chi connectivity index (χ0v) is 14.0. The van der Waals surface area contributed by atoms with E-state index in [1.165, 1.54) is 19.4 Å². The smallest absolute Gasteiger partial charge is 0.224 e. The Morgan fingerprint density at radius 3 is 2.17 bits per heavy atom. The van der Waals surface area contributed by atoms with Crippen LogP contribution >= 0.6 is 0 Å². The van der Waals surface area contributed by atoms with Gasteiger partial charge >= 0.3 is 0 Å². The number of carbonyl (C=O) groups is 2. The molecule has 1 N–H and O–H groups in total. The molecule has 1 aromatic rings. The van der Waals surface area contributed by atoms with Crippen molar-refractivity contribution in [3.8, 4) is 0 Å². The fourth-order valence-corrected chi connectivity index (χ4v) is 3.11. The third-order valence-corrected chi connectivity index (χ3v) is 4.31. The van der Waals surface area contributed by atoms with Crippen LogP contribution in [0.2, 0.25) is 0 Å². The van der Waals surface area contributed by atoms with Gasteiger partial charge in [-0.3, -0.25) is 9.59 Å². The third kappa shape index (κ3) is 5.01. The zero-order valence-electron chi connectivity index (χ0n) is 14.0. The van der Waals surface area contributed by atoms with Crippen molar-refractivity contribution in [2.75, 3.05) is 13.1 Å². The summed E-state index contributed by atoms with van der Waals surface area (Å²) in [5.41, 5.74) is -0.256. The predicted octanol–water partition coefficient (Wildman–Crippen LogP) is 3.32.